The van der Waals surface area contributed by atoms with Gasteiger partial charge in [-0.05, 0) is 44.0 Å². The SMILES string of the molecule is CN1CCC[C@]2(CO)CCN(C(=O)C(c3ccccc3)c3ccccc3)C[C@@H]12. The number of fused-ring (bicyclic) bond motifs is 1. The quantitative estimate of drug-likeness (QED) is 0.889. The molecule has 1 amide bonds. The van der Waals surface area contributed by atoms with Crippen molar-refractivity contribution in [2.45, 2.75) is 31.2 Å². The van der Waals surface area contributed by atoms with Crippen LogP contribution >= 0.6 is 0 Å². The Labute approximate surface area is 167 Å². The molecule has 2 fully saturated rings. The molecule has 2 aliphatic rings. The lowest BCUT2D eigenvalue weighted by molar-refractivity contribution is -0.140. The lowest BCUT2D eigenvalue weighted by Crippen LogP contribution is -2.62. The second kappa shape index (κ2) is 8.06. The van der Waals surface area contributed by atoms with Crippen LogP contribution in [0, 0.1) is 5.41 Å². The molecule has 2 aliphatic heterocycles. The number of hydrogen-bond donors (Lipinski definition) is 1. The van der Waals surface area contributed by atoms with Gasteiger partial charge in [-0.3, -0.25) is 4.79 Å². The number of aliphatic hydroxyl groups excluding tert-OH is 1. The molecule has 1 N–H and O–H groups in total. The van der Waals surface area contributed by atoms with E-state index in [1.165, 1.54) is 0 Å². The minimum Gasteiger partial charge on any atom is -0.396 e. The lowest BCUT2D eigenvalue weighted by atomic mass is 9.69. The predicted octanol–water partition coefficient (Wildman–Crippen LogP) is 3.12. The van der Waals surface area contributed by atoms with Crippen molar-refractivity contribution in [3.05, 3.63) is 71.8 Å². The molecule has 0 saturated carbocycles. The molecule has 4 rings (SSSR count). The molecule has 2 saturated heterocycles. The van der Waals surface area contributed by atoms with Gasteiger partial charge in [-0.25, -0.2) is 0 Å². The average molecular weight is 379 g/mol. The summed E-state index contributed by atoms with van der Waals surface area (Å²) in [7, 11) is 2.13. The highest BCUT2D eigenvalue weighted by atomic mass is 16.3. The molecule has 0 aromatic heterocycles. The Morgan fingerprint density at radius 3 is 2.21 bits per heavy atom. The van der Waals surface area contributed by atoms with E-state index in [-0.39, 0.29) is 29.9 Å². The Morgan fingerprint density at radius 1 is 1.04 bits per heavy atom. The topological polar surface area (TPSA) is 43.8 Å². The maximum Gasteiger partial charge on any atom is 0.234 e. The molecule has 0 aliphatic carbocycles. The van der Waals surface area contributed by atoms with Crippen molar-refractivity contribution in [1.29, 1.82) is 0 Å². The van der Waals surface area contributed by atoms with Gasteiger partial charge in [0.05, 0.1) is 12.5 Å². The second-order valence-corrected chi connectivity index (χ2v) is 8.41. The third-order valence-electron chi connectivity index (χ3n) is 6.84. The highest BCUT2D eigenvalue weighted by Crippen LogP contribution is 2.42. The third kappa shape index (κ3) is 3.47. The number of nitrogens with zero attached hydrogens (tertiary/aromatic N) is 2. The fraction of sp³-hybridized carbons (Fsp3) is 0.458. The van der Waals surface area contributed by atoms with Crippen LogP contribution in [0.4, 0.5) is 0 Å². The van der Waals surface area contributed by atoms with Crippen LogP contribution in [0.25, 0.3) is 0 Å². The number of carbonyl (C=O) groups excluding carboxylic acids is 1. The maximum atomic E-state index is 13.7. The molecule has 0 bridgehead atoms. The standard InChI is InChI=1S/C24H30N2O2/c1-25-15-8-13-24(18-27)14-16-26(17-21(24)25)23(28)22(19-9-4-2-5-10-19)20-11-6-3-7-12-20/h2-7,9-12,21-22,27H,8,13-18H2,1H3/t21-,24-/m1/s1. The summed E-state index contributed by atoms with van der Waals surface area (Å²) in [5.74, 6) is -0.110. The van der Waals surface area contributed by atoms with Crippen LogP contribution in [-0.4, -0.2) is 60.1 Å². The second-order valence-electron chi connectivity index (χ2n) is 8.41. The molecule has 28 heavy (non-hydrogen) atoms. The molecule has 0 spiro atoms. The van der Waals surface area contributed by atoms with Crippen LogP contribution in [0.3, 0.4) is 0 Å². The van der Waals surface area contributed by atoms with Gasteiger partial charge < -0.3 is 14.9 Å². The van der Waals surface area contributed by atoms with Crippen LogP contribution in [0.1, 0.15) is 36.3 Å². The summed E-state index contributed by atoms with van der Waals surface area (Å²) in [6, 6.07) is 20.4. The summed E-state index contributed by atoms with van der Waals surface area (Å²) < 4.78 is 0. The first-order valence-corrected chi connectivity index (χ1v) is 10.3. The first-order chi connectivity index (χ1) is 13.6. The molecule has 2 atom stereocenters. The minimum absolute atomic E-state index is 0.0568. The summed E-state index contributed by atoms with van der Waals surface area (Å²) in [5, 5.41) is 10.2. The number of benzene rings is 2. The van der Waals surface area contributed by atoms with Gasteiger partial charge in [0.15, 0.2) is 0 Å². The molecule has 4 nitrogen and oxygen atoms in total. The van der Waals surface area contributed by atoms with Gasteiger partial charge in [-0.15, -0.1) is 0 Å². The van der Waals surface area contributed by atoms with Crippen molar-refractivity contribution in [2.24, 2.45) is 5.41 Å². The summed E-state index contributed by atoms with van der Waals surface area (Å²) >= 11 is 0. The van der Waals surface area contributed by atoms with E-state index in [4.69, 9.17) is 0 Å². The van der Waals surface area contributed by atoms with Crippen molar-refractivity contribution in [2.75, 3.05) is 33.3 Å². The van der Waals surface area contributed by atoms with Crippen molar-refractivity contribution in [3.63, 3.8) is 0 Å². The fourth-order valence-electron chi connectivity index (χ4n) is 5.17. The van der Waals surface area contributed by atoms with E-state index in [2.05, 4.69) is 11.9 Å². The molecule has 2 heterocycles. The Bertz CT molecular complexity index is 755. The van der Waals surface area contributed by atoms with Gasteiger partial charge in [0.25, 0.3) is 0 Å². The van der Waals surface area contributed by atoms with E-state index in [1.807, 2.05) is 65.6 Å². The van der Waals surface area contributed by atoms with Gasteiger partial charge in [-0.2, -0.15) is 0 Å². The predicted molar refractivity (Wildman–Crippen MR) is 111 cm³/mol. The number of aliphatic hydroxyl groups is 1. The Hall–Kier alpha value is -2.17. The summed E-state index contributed by atoms with van der Waals surface area (Å²) in [6.07, 6.45) is 3.06. The lowest BCUT2D eigenvalue weighted by Gasteiger charge is -2.53. The molecular weight excluding hydrogens is 348 g/mol. The Kier molecular flexibility index (Phi) is 5.51. The molecular formula is C24H30N2O2. The zero-order valence-corrected chi connectivity index (χ0v) is 16.6. The van der Waals surface area contributed by atoms with E-state index in [0.717, 1.165) is 43.5 Å². The zero-order valence-electron chi connectivity index (χ0n) is 16.6. The van der Waals surface area contributed by atoms with Crippen molar-refractivity contribution < 1.29 is 9.90 Å². The Balaban J connectivity index is 1.63. The van der Waals surface area contributed by atoms with E-state index < -0.39 is 0 Å². The van der Waals surface area contributed by atoms with Crippen LogP contribution < -0.4 is 0 Å². The summed E-state index contributed by atoms with van der Waals surface area (Å²) in [6.45, 7) is 2.67. The van der Waals surface area contributed by atoms with Crippen molar-refractivity contribution in [3.8, 4) is 0 Å². The number of piperidine rings is 2. The number of likely N-dealkylation sites (tertiary alicyclic amines) is 2. The van der Waals surface area contributed by atoms with Crippen LogP contribution in [0.5, 0.6) is 0 Å². The van der Waals surface area contributed by atoms with Gasteiger partial charge in [0.1, 0.15) is 0 Å². The molecule has 4 heteroatoms. The molecule has 0 radical (unpaired) electrons. The smallest absolute Gasteiger partial charge is 0.234 e. The number of hydrogen-bond acceptors (Lipinski definition) is 3. The Morgan fingerprint density at radius 2 is 1.64 bits per heavy atom. The maximum absolute atomic E-state index is 13.7. The molecule has 148 valence electrons. The van der Waals surface area contributed by atoms with E-state index >= 15 is 0 Å². The van der Waals surface area contributed by atoms with E-state index in [1.54, 1.807) is 0 Å². The third-order valence-corrected chi connectivity index (χ3v) is 6.84. The highest BCUT2D eigenvalue weighted by Gasteiger charge is 2.47. The average Bonchev–Trinajstić information content (AvgIpc) is 2.75. The van der Waals surface area contributed by atoms with E-state index in [9.17, 15) is 9.90 Å². The summed E-state index contributed by atoms with van der Waals surface area (Å²) in [4.78, 5) is 18.1. The van der Waals surface area contributed by atoms with Crippen molar-refractivity contribution >= 4 is 5.91 Å². The van der Waals surface area contributed by atoms with Crippen molar-refractivity contribution in [1.82, 2.24) is 9.80 Å². The number of likely N-dealkylation sites (N-methyl/N-ethyl adjacent to an activating group) is 1. The van der Waals surface area contributed by atoms with Crippen LogP contribution in [0.2, 0.25) is 0 Å². The normalized spacial score (nSPS) is 25.5. The van der Waals surface area contributed by atoms with Crippen LogP contribution in [0.15, 0.2) is 60.7 Å². The monoisotopic (exact) mass is 378 g/mol. The van der Waals surface area contributed by atoms with Gasteiger partial charge in [0.2, 0.25) is 5.91 Å². The summed E-state index contributed by atoms with van der Waals surface area (Å²) in [5.41, 5.74) is 2.02. The molecule has 0 unspecified atom stereocenters. The highest BCUT2D eigenvalue weighted by molar-refractivity contribution is 5.87. The number of amides is 1. The fourth-order valence-corrected chi connectivity index (χ4v) is 5.17. The molecule has 2 aromatic carbocycles. The molecule has 2 aromatic rings. The van der Waals surface area contributed by atoms with Gasteiger partial charge >= 0.3 is 0 Å². The minimum atomic E-state index is -0.280. The van der Waals surface area contributed by atoms with Gasteiger partial charge in [-0.1, -0.05) is 60.7 Å². The van der Waals surface area contributed by atoms with Crippen LogP contribution in [-0.2, 0) is 4.79 Å². The first-order valence-electron chi connectivity index (χ1n) is 10.3. The number of carbonyl (C=O) groups is 1. The van der Waals surface area contributed by atoms with Gasteiger partial charge in [0, 0.05) is 24.5 Å². The van der Waals surface area contributed by atoms with E-state index in [0.29, 0.717) is 6.54 Å². The zero-order chi connectivity index (χ0) is 19.6. The largest absolute Gasteiger partial charge is 0.396 e. The first kappa shape index (κ1) is 19.2. The number of rotatable bonds is 4.